The lowest BCUT2D eigenvalue weighted by molar-refractivity contribution is 0.443. The molecular weight excluding hydrogens is 300 g/mol. The van der Waals surface area contributed by atoms with Crippen LogP contribution in [0.5, 0.6) is 11.5 Å². The molecule has 0 aromatic heterocycles. The molecular formula is C20H20N2O2. The Labute approximate surface area is 142 Å². The molecule has 2 unspecified atom stereocenters. The minimum atomic E-state index is 0.427. The molecule has 2 rings (SSSR count). The van der Waals surface area contributed by atoms with Crippen LogP contribution in [0.4, 0.5) is 0 Å². The number of hydrogen-bond acceptors (Lipinski definition) is 4. The van der Waals surface area contributed by atoms with Crippen molar-refractivity contribution in [2.24, 2.45) is 5.92 Å². The van der Waals surface area contributed by atoms with Crippen molar-refractivity contribution in [3.8, 4) is 24.0 Å². The average Bonchev–Trinajstić information content (AvgIpc) is 2.59. The summed E-state index contributed by atoms with van der Waals surface area (Å²) in [4.78, 5) is 0. The molecule has 122 valence electrons. The highest BCUT2D eigenvalue weighted by molar-refractivity contribution is 5.32. The average molecular weight is 320 g/mol. The van der Waals surface area contributed by atoms with Crippen LogP contribution in [0.15, 0.2) is 48.5 Å². The molecule has 0 bridgehead atoms. The fourth-order valence-electron chi connectivity index (χ4n) is 3.06. The molecule has 24 heavy (non-hydrogen) atoms. The first-order valence-electron chi connectivity index (χ1n) is 7.98. The predicted octanol–water partition coefficient (Wildman–Crippen LogP) is 4.78. The molecule has 0 aliphatic rings. The Morgan fingerprint density at radius 1 is 0.875 bits per heavy atom. The number of benzene rings is 2. The molecule has 4 nitrogen and oxygen atoms in total. The quantitative estimate of drug-likeness (QED) is 0.689. The maximum Gasteiger partial charge on any atom is 0.292 e. The third-order valence-corrected chi connectivity index (χ3v) is 4.24. The standard InChI is InChI=1S/C20H20N2O2/c1-3-20(17-6-10-19(11-7-17)24-14-22)15(2)12-16-4-8-18(9-5-16)23-13-21/h4-11,15,20H,3,12H2,1-2H3. The lowest BCUT2D eigenvalue weighted by Crippen LogP contribution is -2.12. The molecule has 4 heteroatoms. The smallest absolute Gasteiger partial charge is 0.292 e. The summed E-state index contributed by atoms with van der Waals surface area (Å²) in [5.41, 5.74) is 2.47. The summed E-state index contributed by atoms with van der Waals surface area (Å²) in [5, 5.41) is 17.1. The van der Waals surface area contributed by atoms with Crippen LogP contribution in [0.2, 0.25) is 0 Å². The van der Waals surface area contributed by atoms with Gasteiger partial charge in [0.15, 0.2) is 0 Å². The predicted molar refractivity (Wildman–Crippen MR) is 91.3 cm³/mol. The molecule has 0 amide bonds. The van der Waals surface area contributed by atoms with E-state index in [4.69, 9.17) is 20.0 Å². The number of ether oxygens (including phenoxy) is 2. The molecule has 0 saturated carbocycles. The third-order valence-electron chi connectivity index (χ3n) is 4.24. The summed E-state index contributed by atoms with van der Waals surface area (Å²) in [6.07, 6.45) is 5.34. The van der Waals surface area contributed by atoms with Crippen LogP contribution >= 0.6 is 0 Å². The minimum absolute atomic E-state index is 0.427. The van der Waals surface area contributed by atoms with E-state index < -0.39 is 0 Å². The molecule has 0 aliphatic carbocycles. The first-order chi connectivity index (χ1) is 11.7. The van der Waals surface area contributed by atoms with Crippen molar-refractivity contribution in [1.29, 1.82) is 10.5 Å². The number of hydrogen-bond donors (Lipinski definition) is 0. The van der Waals surface area contributed by atoms with E-state index in [0.717, 1.165) is 12.8 Å². The Balaban J connectivity index is 2.06. The van der Waals surface area contributed by atoms with Gasteiger partial charge in [-0.2, -0.15) is 0 Å². The van der Waals surface area contributed by atoms with E-state index in [0.29, 0.717) is 23.3 Å². The van der Waals surface area contributed by atoms with E-state index in [-0.39, 0.29) is 0 Å². The Morgan fingerprint density at radius 2 is 1.38 bits per heavy atom. The normalized spacial score (nSPS) is 12.5. The summed E-state index contributed by atoms with van der Waals surface area (Å²) < 4.78 is 9.64. The van der Waals surface area contributed by atoms with Crippen molar-refractivity contribution < 1.29 is 9.47 Å². The number of rotatable bonds is 7. The molecule has 0 heterocycles. The Morgan fingerprint density at radius 3 is 1.83 bits per heavy atom. The molecule has 0 N–H and O–H groups in total. The van der Waals surface area contributed by atoms with E-state index in [1.807, 2.05) is 48.5 Å². The fraction of sp³-hybridized carbons (Fsp3) is 0.300. The largest absolute Gasteiger partial charge is 0.388 e. The third kappa shape index (κ3) is 4.51. The highest BCUT2D eigenvalue weighted by Crippen LogP contribution is 2.31. The van der Waals surface area contributed by atoms with E-state index in [9.17, 15) is 0 Å². The van der Waals surface area contributed by atoms with Crippen LogP contribution in [0.25, 0.3) is 0 Å². The lowest BCUT2D eigenvalue weighted by atomic mass is 9.82. The molecule has 2 aromatic carbocycles. The van der Waals surface area contributed by atoms with Gasteiger partial charge in [-0.1, -0.05) is 38.1 Å². The molecule has 0 spiro atoms. The summed E-state index contributed by atoms with van der Waals surface area (Å²) in [6.45, 7) is 4.43. The monoisotopic (exact) mass is 320 g/mol. The summed E-state index contributed by atoms with van der Waals surface area (Å²) in [6, 6.07) is 15.4. The van der Waals surface area contributed by atoms with E-state index in [1.165, 1.54) is 11.1 Å². The van der Waals surface area contributed by atoms with E-state index in [1.54, 1.807) is 12.5 Å². The maximum absolute atomic E-state index is 8.55. The Hall–Kier alpha value is -2.98. The van der Waals surface area contributed by atoms with Crippen LogP contribution in [-0.2, 0) is 6.42 Å². The van der Waals surface area contributed by atoms with Crippen LogP contribution in [0.3, 0.4) is 0 Å². The Bertz CT molecular complexity index is 724. The van der Waals surface area contributed by atoms with Gasteiger partial charge in [0.25, 0.3) is 12.5 Å². The first kappa shape index (κ1) is 17.4. The second kappa shape index (κ2) is 8.60. The molecule has 2 atom stereocenters. The first-order valence-corrected chi connectivity index (χ1v) is 7.98. The van der Waals surface area contributed by atoms with Gasteiger partial charge in [-0.05, 0) is 60.1 Å². The maximum atomic E-state index is 8.55. The lowest BCUT2D eigenvalue weighted by Gasteiger charge is -2.23. The second-order valence-corrected chi connectivity index (χ2v) is 5.80. The SMILES string of the molecule is CCC(c1ccc(OC#N)cc1)C(C)Cc1ccc(OC#N)cc1. The molecule has 0 fully saturated rings. The minimum Gasteiger partial charge on any atom is -0.388 e. The fourth-order valence-corrected chi connectivity index (χ4v) is 3.06. The number of nitriles is 2. The van der Waals surface area contributed by atoms with Gasteiger partial charge in [-0.15, -0.1) is 10.5 Å². The van der Waals surface area contributed by atoms with Gasteiger partial charge in [0.1, 0.15) is 11.5 Å². The van der Waals surface area contributed by atoms with Gasteiger partial charge in [0.05, 0.1) is 0 Å². The molecule has 2 aromatic rings. The molecule has 0 saturated heterocycles. The summed E-state index contributed by atoms with van der Waals surface area (Å²) in [7, 11) is 0. The van der Waals surface area contributed by atoms with Crippen LogP contribution in [0, 0.1) is 29.0 Å². The van der Waals surface area contributed by atoms with Gasteiger partial charge < -0.3 is 9.47 Å². The zero-order valence-electron chi connectivity index (χ0n) is 13.9. The molecule has 0 radical (unpaired) electrons. The van der Waals surface area contributed by atoms with Crippen LogP contribution in [0.1, 0.15) is 37.3 Å². The van der Waals surface area contributed by atoms with Gasteiger partial charge in [0.2, 0.25) is 0 Å². The van der Waals surface area contributed by atoms with Crippen molar-refractivity contribution in [2.45, 2.75) is 32.6 Å². The van der Waals surface area contributed by atoms with Crippen molar-refractivity contribution in [3.63, 3.8) is 0 Å². The zero-order chi connectivity index (χ0) is 17.4. The van der Waals surface area contributed by atoms with Crippen molar-refractivity contribution >= 4 is 0 Å². The summed E-state index contributed by atoms with van der Waals surface area (Å²) >= 11 is 0. The Kier molecular flexibility index (Phi) is 6.23. The second-order valence-electron chi connectivity index (χ2n) is 5.80. The van der Waals surface area contributed by atoms with Crippen molar-refractivity contribution in [3.05, 3.63) is 59.7 Å². The number of nitrogens with zero attached hydrogens (tertiary/aromatic N) is 2. The highest BCUT2D eigenvalue weighted by atomic mass is 16.5. The van der Waals surface area contributed by atoms with Gasteiger partial charge >= 0.3 is 0 Å². The van der Waals surface area contributed by atoms with Crippen LogP contribution in [-0.4, -0.2) is 0 Å². The highest BCUT2D eigenvalue weighted by Gasteiger charge is 2.18. The van der Waals surface area contributed by atoms with Crippen LogP contribution < -0.4 is 9.47 Å². The van der Waals surface area contributed by atoms with Crippen molar-refractivity contribution in [1.82, 2.24) is 0 Å². The van der Waals surface area contributed by atoms with Crippen molar-refractivity contribution in [2.75, 3.05) is 0 Å². The van der Waals surface area contributed by atoms with Gasteiger partial charge in [0, 0.05) is 0 Å². The zero-order valence-corrected chi connectivity index (χ0v) is 13.9. The van der Waals surface area contributed by atoms with E-state index >= 15 is 0 Å². The summed E-state index contributed by atoms with van der Waals surface area (Å²) in [5.74, 6) is 2.02. The molecule has 0 aliphatic heterocycles. The topological polar surface area (TPSA) is 66.0 Å². The van der Waals surface area contributed by atoms with Gasteiger partial charge in [-0.3, -0.25) is 0 Å². The van der Waals surface area contributed by atoms with E-state index in [2.05, 4.69) is 13.8 Å². The van der Waals surface area contributed by atoms with Gasteiger partial charge in [-0.25, -0.2) is 0 Å².